The number of hydrogen-bond acceptors (Lipinski definition) is 2. The molecule has 0 spiro atoms. The molecule has 0 heterocycles. The van der Waals surface area contributed by atoms with Gasteiger partial charge < -0.3 is 10.1 Å². The van der Waals surface area contributed by atoms with Crippen molar-refractivity contribution < 1.29 is 4.74 Å². The van der Waals surface area contributed by atoms with Crippen molar-refractivity contribution in [2.45, 2.75) is 13.2 Å². The Bertz CT molecular complexity index is 633. The molecule has 0 aliphatic heterocycles. The van der Waals surface area contributed by atoms with E-state index in [1.54, 1.807) is 0 Å². The van der Waals surface area contributed by atoms with Gasteiger partial charge in [0.05, 0.1) is 5.69 Å². The highest BCUT2D eigenvalue weighted by molar-refractivity contribution is 5.56. The summed E-state index contributed by atoms with van der Waals surface area (Å²) in [7, 11) is 0. The van der Waals surface area contributed by atoms with Crippen LogP contribution in [-0.2, 0) is 13.2 Å². The van der Waals surface area contributed by atoms with E-state index < -0.39 is 0 Å². The first-order chi connectivity index (χ1) is 10.9. The van der Waals surface area contributed by atoms with Gasteiger partial charge in [0.1, 0.15) is 12.4 Å². The molecule has 22 heavy (non-hydrogen) atoms. The molecule has 3 aromatic rings. The number of benzene rings is 3. The quantitative estimate of drug-likeness (QED) is 0.698. The lowest BCUT2D eigenvalue weighted by atomic mass is 10.2. The van der Waals surface area contributed by atoms with Crippen molar-refractivity contribution in [2.24, 2.45) is 0 Å². The van der Waals surface area contributed by atoms with Gasteiger partial charge in [0, 0.05) is 6.54 Å². The monoisotopic (exact) mass is 289 g/mol. The third-order valence-corrected chi connectivity index (χ3v) is 3.45. The number of rotatable bonds is 6. The van der Waals surface area contributed by atoms with Crippen LogP contribution in [0.1, 0.15) is 11.1 Å². The Morgan fingerprint density at radius 2 is 1.23 bits per heavy atom. The fourth-order valence-corrected chi connectivity index (χ4v) is 2.27. The molecule has 0 fully saturated rings. The molecule has 0 aromatic heterocycles. The molecule has 110 valence electrons. The topological polar surface area (TPSA) is 21.3 Å². The zero-order valence-corrected chi connectivity index (χ0v) is 12.4. The van der Waals surface area contributed by atoms with Crippen LogP contribution in [0.15, 0.2) is 84.9 Å². The van der Waals surface area contributed by atoms with Gasteiger partial charge in [-0.25, -0.2) is 0 Å². The fourth-order valence-electron chi connectivity index (χ4n) is 2.27. The smallest absolute Gasteiger partial charge is 0.142 e. The minimum absolute atomic E-state index is 0.574. The van der Waals surface area contributed by atoms with Gasteiger partial charge in [-0.1, -0.05) is 72.8 Å². The van der Waals surface area contributed by atoms with Gasteiger partial charge in [0.2, 0.25) is 0 Å². The number of para-hydroxylation sites is 2. The van der Waals surface area contributed by atoms with E-state index in [0.717, 1.165) is 18.0 Å². The Morgan fingerprint density at radius 3 is 1.95 bits per heavy atom. The molecule has 2 nitrogen and oxygen atoms in total. The van der Waals surface area contributed by atoms with E-state index in [-0.39, 0.29) is 0 Å². The summed E-state index contributed by atoms with van der Waals surface area (Å²) >= 11 is 0. The van der Waals surface area contributed by atoms with Crippen molar-refractivity contribution in [1.82, 2.24) is 0 Å². The lowest BCUT2D eigenvalue weighted by molar-refractivity contribution is 0.307. The lowest BCUT2D eigenvalue weighted by Crippen LogP contribution is -2.03. The summed E-state index contributed by atoms with van der Waals surface area (Å²) in [6.45, 7) is 1.36. The van der Waals surface area contributed by atoms with Gasteiger partial charge in [0.15, 0.2) is 0 Å². The lowest BCUT2D eigenvalue weighted by Gasteiger charge is -2.13. The van der Waals surface area contributed by atoms with Crippen molar-refractivity contribution >= 4 is 5.69 Å². The summed E-state index contributed by atoms with van der Waals surface area (Å²) in [5.41, 5.74) is 3.43. The van der Waals surface area contributed by atoms with Gasteiger partial charge in [-0.2, -0.15) is 0 Å². The van der Waals surface area contributed by atoms with Crippen LogP contribution in [0.3, 0.4) is 0 Å². The van der Waals surface area contributed by atoms with Crippen molar-refractivity contribution in [3.05, 3.63) is 96.1 Å². The van der Waals surface area contributed by atoms with E-state index in [9.17, 15) is 0 Å². The first-order valence-corrected chi connectivity index (χ1v) is 7.45. The maximum atomic E-state index is 5.95. The molecule has 0 aliphatic rings. The van der Waals surface area contributed by atoms with E-state index in [0.29, 0.717) is 6.61 Å². The molecule has 1 N–H and O–H groups in total. The average Bonchev–Trinajstić information content (AvgIpc) is 2.61. The molecule has 3 aromatic carbocycles. The van der Waals surface area contributed by atoms with Crippen LogP contribution in [-0.4, -0.2) is 0 Å². The van der Waals surface area contributed by atoms with Gasteiger partial charge in [0.25, 0.3) is 0 Å². The molecule has 0 unspecified atom stereocenters. The van der Waals surface area contributed by atoms with Crippen LogP contribution in [0, 0.1) is 0 Å². The molecule has 0 bridgehead atoms. The van der Waals surface area contributed by atoms with Crippen LogP contribution < -0.4 is 10.1 Å². The summed E-state index contributed by atoms with van der Waals surface area (Å²) in [5.74, 6) is 0.877. The standard InChI is InChI=1S/C20H19NO/c1-3-9-17(10-4-1)15-21-19-13-7-8-14-20(19)22-16-18-11-5-2-6-12-18/h1-14,21H,15-16H2. The van der Waals surface area contributed by atoms with Gasteiger partial charge in [-0.3, -0.25) is 0 Å². The second-order valence-corrected chi connectivity index (χ2v) is 5.11. The van der Waals surface area contributed by atoms with Gasteiger partial charge in [-0.05, 0) is 23.3 Å². The Hall–Kier alpha value is -2.74. The Morgan fingerprint density at radius 1 is 0.636 bits per heavy atom. The highest BCUT2D eigenvalue weighted by Crippen LogP contribution is 2.25. The highest BCUT2D eigenvalue weighted by Gasteiger charge is 2.03. The largest absolute Gasteiger partial charge is 0.487 e. The minimum atomic E-state index is 0.574. The zero-order valence-electron chi connectivity index (χ0n) is 12.4. The average molecular weight is 289 g/mol. The van der Waals surface area contributed by atoms with Gasteiger partial charge >= 0.3 is 0 Å². The number of ether oxygens (including phenoxy) is 1. The fraction of sp³-hybridized carbons (Fsp3) is 0.100. The first-order valence-electron chi connectivity index (χ1n) is 7.45. The Kier molecular flexibility index (Phi) is 4.73. The molecule has 3 rings (SSSR count). The highest BCUT2D eigenvalue weighted by atomic mass is 16.5. The molecule has 0 radical (unpaired) electrons. The molecule has 0 atom stereocenters. The second kappa shape index (κ2) is 7.32. The van der Waals surface area contributed by atoms with Crippen LogP contribution >= 0.6 is 0 Å². The van der Waals surface area contributed by atoms with Crippen molar-refractivity contribution in [1.29, 1.82) is 0 Å². The summed E-state index contributed by atoms with van der Waals surface area (Å²) < 4.78 is 5.95. The van der Waals surface area contributed by atoms with Crippen LogP contribution in [0.4, 0.5) is 5.69 Å². The van der Waals surface area contributed by atoms with E-state index in [2.05, 4.69) is 41.7 Å². The predicted octanol–water partition coefficient (Wildman–Crippen LogP) is 4.88. The Balaban J connectivity index is 1.65. The SMILES string of the molecule is c1ccc(CNc2ccccc2OCc2ccccc2)cc1. The van der Waals surface area contributed by atoms with E-state index >= 15 is 0 Å². The first kappa shape index (κ1) is 14.2. The third kappa shape index (κ3) is 3.89. The Labute approximate surface area is 131 Å². The van der Waals surface area contributed by atoms with Crippen molar-refractivity contribution in [3.8, 4) is 5.75 Å². The van der Waals surface area contributed by atoms with E-state index in [4.69, 9.17) is 4.74 Å². The molecule has 0 saturated carbocycles. The van der Waals surface area contributed by atoms with Crippen molar-refractivity contribution in [2.75, 3.05) is 5.32 Å². The molecular weight excluding hydrogens is 270 g/mol. The van der Waals surface area contributed by atoms with Crippen LogP contribution in [0.2, 0.25) is 0 Å². The molecule has 0 saturated heterocycles. The maximum absolute atomic E-state index is 5.95. The van der Waals surface area contributed by atoms with E-state index in [1.807, 2.05) is 48.5 Å². The maximum Gasteiger partial charge on any atom is 0.142 e. The second-order valence-electron chi connectivity index (χ2n) is 5.11. The summed E-state index contributed by atoms with van der Waals surface area (Å²) in [6, 6.07) is 28.6. The van der Waals surface area contributed by atoms with Crippen LogP contribution in [0.5, 0.6) is 5.75 Å². The molecular formula is C20H19NO. The summed E-state index contributed by atoms with van der Waals surface area (Å²) in [6.07, 6.45) is 0. The van der Waals surface area contributed by atoms with Gasteiger partial charge in [-0.15, -0.1) is 0 Å². The molecule has 2 heteroatoms. The molecule has 0 aliphatic carbocycles. The van der Waals surface area contributed by atoms with E-state index in [1.165, 1.54) is 11.1 Å². The summed E-state index contributed by atoms with van der Waals surface area (Å²) in [5, 5.41) is 3.44. The molecule has 0 amide bonds. The normalized spacial score (nSPS) is 10.2. The predicted molar refractivity (Wildman–Crippen MR) is 91.0 cm³/mol. The minimum Gasteiger partial charge on any atom is -0.487 e. The summed E-state index contributed by atoms with van der Waals surface area (Å²) in [4.78, 5) is 0. The number of nitrogens with one attached hydrogen (secondary N) is 1. The number of hydrogen-bond donors (Lipinski definition) is 1. The number of anilines is 1. The third-order valence-electron chi connectivity index (χ3n) is 3.45. The van der Waals surface area contributed by atoms with Crippen molar-refractivity contribution in [3.63, 3.8) is 0 Å². The zero-order chi connectivity index (χ0) is 15.0. The van der Waals surface area contributed by atoms with Crippen LogP contribution in [0.25, 0.3) is 0 Å².